The van der Waals surface area contributed by atoms with Crippen molar-refractivity contribution in [2.75, 3.05) is 39.0 Å². The Hall–Kier alpha value is -3.01. The second-order valence-corrected chi connectivity index (χ2v) is 8.58. The maximum absolute atomic E-state index is 14.1. The van der Waals surface area contributed by atoms with Gasteiger partial charge in [-0.15, -0.1) is 0 Å². The highest BCUT2D eigenvalue weighted by atomic mass is 19.1. The lowest BCUT2D eigenvalue weighted by Crippen LogP contribution is -2.47. The normalized spacial score (nSPS) is 20.7. The summed E-state index contributed by atoms with van der Waals surface area (Å²) in [6.45, 7) is 2.08. The van der Waals surface area contributed by atoms with Crippen LogP contribution in [0.4, 0.5) is 19.3 Å². The van der Waals surface area contributed by atoms with Crippen LogP contribution in [0.2, 0.25) is 0 Å². The second kappa shape index (κ2) is 8.85. The molecule has 172 valence electrons. The van der Waals surface area contributed by atoms with E-state index in [-0.39, 0.29) is 29.8 Å². The number of anilines is 1. The maximum Gasteiger partial charge on any atom is 0.410 e. The van der Waals surface area contributed by atoms with E-state index < -0.39 is 17.2 Å². The van der Waals surface area contributed by atoms with Gasteiger partial charge in [-0.2, -0.15) is 0 Å². The largest absolute Gasteiger partial charge is 0.441 e. The average Bonchev–Trinajstić information content (AvgIpc) is 3.06. The summed E-state index contributed by atoms with van der Waals surface area (Å²) in [6.07, 6.45) is 3.55. The summed E-state index contributed by atoms with van der Waals surface area (Å²) in [5.74, 6) is -1.44. The molecule has 1 spiro atoms. The smallest absolute Gasteiger partial charge is 0.410 e. The van der Waals surface area contributed by atoms with E-state index in [1.54, 1.807) is 18.1 Å². The third-order valence-electron chi connectivity index (χ3n) is 6.33. The van der Waals surface area contributed by atoms with Crippen LogP contribution in [0.15, 0.2) is 28.9 Å². The van der Waals surface area contributed by atoms with Crippen molar-refractivity contribution >= 4 is 23.4 Å². The summed E-state index contributed by atoms with van der Waals surface area (Å²) >= 11 is 0. The molecule has 3 aliphatic heterocycles. The predicted octanol–water partition coefficient (Wildman–Crippen LogP) is 2.20. The summed E-state index contributed by atoms with van der Waals surface area (Å²) < 4.78 is 34.0. The highest BCUT2D eigenvalue weighted by molar-refractivity contribution is 5.97. The number of rotatable bonds is 5. The number of amides is 2. The van der Waals surface area contributed by atoms with Crippen LogP contribution in [0.3, 0.4) is 0 Å². The summed E-state index contributed by atoms with van der Waals surface area (Å²) in [5.41, 5.74) is 6.40. The number of nitrogen functional groups attached to an aromatic ring is 1. The minimum Gasteiger partial charge on any atom is -0.441 e. The number of nitrogens with zero attached hydrogens (tertiary/aromatic N) is 3. The van der Waals surface area contributed by atoms with Crippen LogP contribution in [0.5, 0.6) is 0 Å². The second-order valence-electron chi connectivity index (χ2n) is 8.58. The number of benzene rings is 1. The minimum absolute atomic E-state index is 0.000294. The third-order valence-corrected chi connectivity index (χ3v) is 6.33. The number of hydrogen-bond donors (Lipinski definition) is 2. The standard InChI is InChI=1S/C22H27F2N5O3/c1-26-20(30)14-2-3-16(27-10-14)11-29-13-22(32-21(29)31)4-6-28(7-5-22)12-17-18(23)8-15(25)9-19(17)24/h8-10H,2-7,11-13,25H2,1H3,(H,26,30). The zero-order valence-electron chi connectivity index (χ0n) is 18.0. The number of hydrogen-bond acceptors (Lipinski definition) is 6. The lowest BCUT2D eigenvalue weighted by Gasteiger charge is -2.37. The van der Waals surface area contributed by atoms with Gasteiger partial charge >= 0.3 is 6.09 Å². The molecule has 0 bridgehead atoms. The van der Waals surface area contributed by atoms with E-state index in [1.807, 2.05) is 4.90 Å². The fourth-order valence-electron chi connectivity index (χ4n) is 4.44. The molecule has 32 heavy (non-hydrogen) atoms. The van der Waals surface area contributed by atoms with Crippen LogP contribution in [0.1, 0.15) is 31.2 Å². The SMILES string of the molecule is CNC(=O)C1=CN=C(CN2CC3(CCN(Cc4c(F)cc(N)cc4F)CC3)OC2=O)CC1. The molecule has 2 saturated heterocycles. The molecule has 3 aliphatic rings. The predicted molar refractivity (Wildman–Crippen MR) is 115 cm³/mol. The first-order chi connectivity index (χ1) is 15.3. The lowest BCUT2D eigenvalue weighted by molar-refractivity contribution is -0.117. The number of piperidine rings is 1. The van der Waals surface area contributed by atoms with E-state index in [4.69, 9.17) is 10.5 Å². The Bertz CT molecular complexity index is 963. The molecule has 2 amide bonds. The number of halogens is 2. The van der Waals surface area contributed by atoms with Crippen molar-refractivity contribution in [2.24, 2.45) is 4.99 Å². The Labute approximate surface area is 185 Å². The number of carbonyl (C=O) groups is 2. The molecule has 0 saturated carbocycles. The molecule has 0 unspecified atom stereocenters. The van der Waals surface area contributed by atoms with Crippen molar-refractivity contribution in [2.45, 2.75) is 37.8 Å². The van der Waals surface area contributed by atoms with Crippen LogP contribution in [-0.4, -0.2) is 66.3 Å². The number of nitrogens with two attached hydrogens (primary N) is 1. The van der Waals surface area contributed by atoms with E-state index in [9.17, 15) is 18.4 Å². The first kappa shape index (κ1) is 22.2. The van der Waals surface area contributed by atoms with Crippen LogP contribution in [-0.2, 0) is 16.1 Å². The fourth-order valence-corrected chi connectivity index (χ4v) is 4.44. The highest BCUT2D eigenvalue weighted by Crippen LogP contribution is 2.34. The molecule has 3 heterocycles. The zero-order valence-corrected chi connectivity index (χ0v) is 18.0. The van der Waals surface area contributed by atoms with E-state index in [0.717, 1.165) is 17.8 Å². The van der Waals surface area contributed by atoms with Gasteiger partial charge in [-0.3, -0.25) is 19.6 Å². The molecule has 1 aromatic carbocycles. The van der Waals surface area contributed by atoms with Gasteiger partial charge in [-0.1, -0.05) is 0 Å². The third kappa shape index (κ3) is 4.59. The number of nitrogens with one attached hydrogen (secondary N) is 1. The van der Waals surface area contributed by atoms with Crippen LogP contribution in [0, 0.1) is 11.6 Å². The molecule has 0 radical (unpaired) electrons. The quantitative estimate of drug-likeness (QED) is 0.674. The van der Waals surface area contributed by atoms with E-state index >= 15 is 0 Å². The van der Waals surface area contributed by atoms with Gasteiger partial charge in [0.25, 0.3) is 0 Å². The molecule has 0 atom stereocenters. The Balaban J connectivity index is 1.33. The Morgan fingerprint density at radius 1 is 1.22 bits per heavy atom. The Morgan fingerprint density at radius 3 is 2.50 bits per heavy atom. The van der Waals surface area contributed by atoms with Gasteiger partial charge < -0.3 is 15.8 Å². The summed E-state index contributed by atoms with van der Waals surface area (Å²) in [7, 11) is 1.58. The molecule has 1 aromatic rings. The monoisotopic (exact) mass is 447 g/mol. The number of carbonyl (C=O) groups excluding carboxylic acids is 2. The number of aliphatic imine (C=N–C) groups is 1. The first-order valence-electron chi connectivity index (χ1n) is 10.7. The lowest BCUT2D eigenvalue weighted by atomic mass is 9.91. The minimum atomic E-state index is -0.650. The molecule has 0 aliphatic carbocycles. The van der Waals surface area contributed by atoms with Crippen molar-refractivity contribution in [1.82, 2.24) is 15.1 Å². The van der Waals surface area contributed by atoms with Gasteiger partial charge in [0.15, 0.2) is 0 Å². The highest BCUT2D eigenvalue weighted by Gasteiger charge is 2.47. The summed E-state index contributed by atoms with van der Waals surface area (Å²) in [4.78, 5) is 32.1. The maximum atomic E-state index is 14.1. The number of likely N-dealkylation sites (tertiary alicyclic amines) is 1. The van der Waals surface area contributed by atoms with Crippen LogP contribution >= 0.6 is 0 Å². The van der Waals surface area contributed by atoms with E-state index in [0.29, 0.717) is 57.4 Å². The zero-order chi connectivity index (χ0) is 22.9. The molecular weight excluding hydrogens is 420 g/mol. The van der Waals surface area contributed by atoms with Crippen LogP contribution in [0.25, 0.3) is 0 Å². The van der Waals surface area contributed by atoms with Crippen molar-refractivity contribution < 1.29 is 23.1 Å². The van der Waals surface area contributed by atoms with E-state index in [1.165, 1.54) is 0 Å². The van der Waals surface area contributed by atoms with Crippen molar-refractivity contribution in [3.8, 4) is 0 Å². The molecular formula is C22H27F2N5O3. The first-order valence-corrected chi connectivity index (χ1v) is 10.7. The Kier molecular flexibility index (Phi) is 6.14. The molecule has 8 nitrogen and oxygen atoms in total. The molecule has 3 N–H and O–H groups in total. The molecule has 2 fully saturated rings. The Morgan fingerprint density at radius 2 is 1.91 bits per heavy atom. The summed E-state index contributed by atoms with van der Waals surface area (Å²) in [5, 5.41) is 2.58. The van der Waals surface area contributed by atoms with Gasteiger partial charge in [0.2, 0.25) is 5.91 Å². The summed E-state index contributed by atoms with van der Waals surface area (Å²) in [6, 6.07) is 2.25. The van der Waals surface area contributed by atoms with Gasteiger partial charge in [0, 0.05) is 68.3 Å². The van der Waals surface area contributed by atoms with Crippen molar-refractivity contribution in [3.63, 3.8) is 0 Å². The van der Waals surface area contributed by atoms with Crippen molar-refractivity contribution in [1.29, 1.82) is 0 Å². The number of ether oxygens (including phenoxy) is 1. The van der Waals surface area contributed by atoms with Gasteiger partial charge in [0.1, 0.15) is 17.2 Å². The average molecular weight is 447 g/mol. The van der Waals surface area contributed by atoms with Gasteiger partial charge in [-0.05, 0) is 25.0 Å². The number of likely N-dealkylation sites (N-methyl/N-ethyl adjacent to an activating group) is 1. The van der Waals surface area contributed by atoms with Crippen molar-refractivity contribution in [3.05, 3.63) is 41.1 Å². The topological polar surface area (TPSA) is 100 Å². The molecule has 4 rings (SSSR count). The van der Waals surface area contributed by atoms with Gasteiger partial charge in [-0.25, -0.2) is 13.6 Å². The van der Waals surface area contributed by atoms with E-state index in [2.05, 4.69) is 10.3 Å². The van der Waals surface area contributed by atoms with Crippen LogP contribution < -0.4 is 11.1 Å². The fraction of sp³-hybridized carbons (Fsp3) is 0.500. The molecule has 0 aromatic heterocycles. The molecule has 10 heteroatoms. The van der Waals surface area contributed by atoms with Gasteiger partial charge in [0.05, 0.1) is 13.1 Å².